The Kier molecular flexibility index (Phi) is 4.04. The molecule has 19 heavy (non-hydrogen) atoms. The lowest BCUT2D eigenvalue weighted by Gasteiger charge is -2.28. The molecule has 3 rings (SSSR count). The fraction of sp³-hybridized carbons (Fsp3) is 0.625. The van der Waals surface area contributed by atoms with Gasteiger partial charge < -0.3 is 10.6 Å². The first-order chi connectivity index (χ1) is 9.31. The molecule has 3 heteroatoms. The van der Waals surface area contributed by atoms with Gasteiger partial charge in [0.05, 0.1) is 0 Å². The molecule has 2 saturated carbocycles. The van der Waals surface area contributed by atoms with E-state index in [0.29, 0.717) is 6.54 Å². The molecule has 0 aromatic heterocycles. The van der Waals surface area contributed by atoms with Crippen LogP contribution in [0.1, 0.15) is 31.2 Å². The third kappa shape index (κ3) is 3.26. The molecule has 0 spiro atoms. The van der Waals surface area contributed by atoms with E-state index >= 15 is 0 Å². The number of rotatable bonds is 7. The summed E-state index contributed by atoms with van der Waals surface area (Å²) in [5, 5.41) is 0. The Morgan fingerprint density at radius 2 is 1.79 bits per heavy atom. The van der Waals surface area contributed by atoms with Gasteiger partial charge in [0.1, 0.15) is 0 Å². The van der Waals surface area contributed by atoms with Gasteiger partial charge in [-0.05, 0) is 55.9 Å². The first kappa shape index (κ1) is 13.3. The third-order valence-electron chi connectivity index (χ3n) is 4.22. The van der Waals surface area contributed by atoms with Crippen LogP contribution in [0, 0.1) is 11.8 Å². The van der Waals surface area contributed by atoms with Crippen molar-refractivity contribution in [3.63, 3.8) is 0 Å². The molecule has 0 aliphatic heterocycles. The molecule has 1 aromatic carbocycles. The van der Waals surface area contributed by atoms with Gasteiger partial charge in [-0.15, -0.1) is 11.8 Å². The van der Waals surface area contributed by atoms with E-state index in [0.717, 1.165) is 11.8 Å². The molecular weight excluding hydrogens is 252 g/mol. The average Bonchev–Trinajstić information content (AvgIpc) is 3.32. The summed E-state index contributed by atoms with van der Waals surface area (Å²) in [6, 6.07) is 6.66. The van der Waals surface area contributed by atoms with Crippen molar-refractivity contribution < 1.29 is 0 Å². The largest absolute Gasteiger partial charge is 0.371 e. The maximum absolute atomic E-state index is 6.02. The summed E-state index contributed by atoms with van der Waals surface area (Å²) in [6.45, 7) is 3.13. The summed E-state index contributed by atoms with van der Waals surface area (Å²) in [6.07, 6.45) is 7.82. The SMILES string of the molecule is CSc1cccc(N(CC2CC2)CC2CC2)c1CN. The molecule has 0 atom stereocenters. The van der Waals surface area contributed by atoms with E-state index in [1.54, 1.807) is 0 Å². The summed E-state index contributed by atoms with van der Waals surface area (Å²) in [7, 11) is 0. The van der Waals surface area contributed by atoms with Crippen LogP contribution in [0.15, 0.2) is 23.1 Å². The first-order valence-corrected chi connectivity index (χ1v) is 8.65. The van der Waals surface area contributed by atoms with Gasteiger partial charge in [0, 0.05) is 35.8 Å². The van der Waals surface area contributed by atoms with Gasteiger partial charge in [0.2, 0.25) is 0 Å². The number of hydrogen-bond donors (Lipinski definition) is 1. The van der Waals surface area contributed by atoms with Crippen molar-refractivity contribution in [2.24, 2.45) is 17.6 Å². The Balaban J connectivity index is 1.85. The highest BCUT2D eigenvalue weighted by Gasteiger charge is 2.30. The van der Waals surface area contributed by atoms with E-state index in [9.17, 15) is 0 Å². The Hall–Kier alpha value is -0.670. The van der Waals surface area contributed by atoms with Crippen molar-refractivity contribution in [2.75, 3.05) is 24.2 Å². The monoisotopic (exact) mass is 276 g/mol. The molecule has 2 N–H and O–H groups in total. The van der Waals surface area contributed by atoms with Crippen LogP contribution in [0.25, 0.3) is 0 Å². The lowest BCUT2D eigenvalue weighted by Crippen LogP contribution is -2.29. The molecule has 2 aliphatic carbocycles. The second-order valence-corrected chi connectivity index (χ2v) is 6.80. The molecule has 104 valence electrons. The number of thioether (sulfide) groups is 1. The van der Waals surface area contributed by atoms with Crippen molar-refractivity contribution in [1.82, 2.24) is 0 Å². The van der Waals surface area contributed by atoms with Crippen molar-refractivity contribution >= 4 is 17.4 Å². The van der Waals surface area contributed by atoms with Gasteiger partial charge in [-0.25, -0.2) is 0 Å². The Morgan fingerprint density at radius 3 is 2.26 bits per heavy atom. The normalized spacial score (nSPS) is 18.6. The van der Waals surface area contributed by atoms with E-state index in [4.69, 9.17) is 5.73 Å². The average molecular weight is 276 g/mol. The summed E-state index contributed by atoms with van der Waals surface area (Å²) < 4.78 is 0. The van der Waals surface area contributed by atoms with Crippen LogP contribution in [0.5, 0.6) is 0 Å². The molecule has 2 aliphatic rings. The zero-order chi connectivity index (χ0) is 13.2. The number of nitrogens with zero attached hydrogens (tertiary/aromatic N) is 1. The maximum Gasteiger partial charge on any atom is 0.0423 e. The fourth-order valence-corrected chi connectivity index (χ4v) is 3.39. The van der Waals surface area contributed by atoms with Crippen LogP contribution < -0.4 is 10.6 Å². The summed E-state index contributed by atoms with van der Waals surface area (Å²) >= 11 is 1.81. The van der Waals surface area contributed by atoms with Crippen molar-refractivity contribution in [3.05, 3.63) is 23.8 Å². The van der Waals surface area contributed by atoms with Gasteiger partial charge in [-0.3, -0.25) is 0 Å². The molecule has 0 heterocycles. The lowest BCUT2D eigenvalue weighted by atomic mass is 10.1. The highest BCUT2D eigenvalue weighted by molar-refractivity contribution is 7.98. The minimum Gasteiger partial charge on any atom is -0.371 e. The summed E-state index contributed by atoms with van der Waals surface area (Å²) in [5.74, 6) is 1.87. The lowest BCUT2D eigenvalue weighted by molar-refractivity contribution is 0.675. The minimum absolute atomic E-state index is 0.651. The van der Waals surface area contributed by atoms with Crippen LogP contribution in [0.4, 0.5) is 5.69 Å². The third-order valence-corrected chi connectivity index (χ3v) is 5.05. The van der Waals surface area contributed by atoms with E-state index in [1.807, 2.05) is 11.8 Å². The summed E-state index contributed by atoms with van der Waals surface area (Å²) in [4.78, 5) is 3.97. The van der Waals surface area contributed by atoms with Crippen LogP contribution in [-0.4, -0.2) is 19.3 Å². The molecule has 0 unspecified atom stereocenters. The van der Waals surface area contributed by atoms with Crippen molar-refractivity contribution in [1.29, 1.82) is 0 Å². The van der Waals surface area contributed by atoms with Crippen LogP contribution in [0.2, 0.25) is 0 Å². The number of hydrogen-bond acceptors (Lipinski definition) is 3. The van der Waals surface area contributed by atoms with Crippen molar-refractivity contribution in [2.45, 2.75) is 37.1 Å². The zero-order valence-electron chi connectivity index (χ0n) is 11.8. The Morgan fingerprint density at radius 1 is 1.16 bits per heavy atom. The molecule has 0 radical (unpaired) electrons. The van der Waals surface area contributed by atoms with Crippen LogP contribution in [-0.2, 0) is 6.54 Å². The molecule has 1 aromatic rings. The van der Waals surface area contributed by atoms with E-state index in [2.05, 4.69) is 29.4 Å². The molecule has 0 bridgehead atoms. The Labute approximate surface area is 120 Å². The van der Waals surface area contributed by atoms with Crippen LogP contribution in [0.3, 0.4) is 0 Å². The van der Waals surface area contributed by atoms with Gasteiger partial charge in [-0.2, -0.15) is 0 Å². The second kappa shape index (κ2) is 5.76. The van der Waals surface area contributed by atoms with Crippen LogP contribution >= 0.6 is 11.8 Å². The Bertz CT molecular complexity index is 424. The molecule has 2 fully saturated rings. The van der Waals surface area contributed by atoms with Gasteiger partial charge >= 0.3 is 0 Å². The smallest absolute Gasteiger partial charge is 0.0423 e. The first-order valence-electron chi connectivity index (χ1n) is 7.42. The maximum atomic E-state index is 6.02. The quantitative estimate of drug-likeness (QED) is 0.773. The topological polar surface area (TPSA) is 29.3 Å². The number of benzene rings is 1. The van der Waals surface area contributed by atoms with E-state index in [1.165, 1.54) is 54.9 Å². The minimum atomic E-state index is 0.651. The molecule has 2 nitrogen and oxygen atoms in total. The van der Waals surface area contributed by atoms with Crippen molar-refractivity contribution in [3.8, 4) is 0 Å². The fourth-order valence-electron chi connectivity index (χ4n) is 2.74. The highest BCUT2D eigenvalue weighted by atomic mass is 32.2. The zero-order valence-corrected chi connectivity index (χ0v) is 12.6. The van der Waals surface area contributed by atoms with E-state index in [-0.39, 0.29) is 0 Å². The second-order valence-electron chi connectivity index (χ2n) is 5.95. The predicted octanol–water partition coefficient (Wildman–Crippen LogP) is 3.49. The number of nitrogens with two attached hydrogens (primary N) is 1. The highest BCUT2D eigenvalue weighted by Crippen LogP contribution is 2.38. The number of anilines is 1. The molecule has 0 saturated heterocycles. The summed E-state index contributed by atoms with van der Waals surface area (Å²) in [5.41, 5.74) is 8.76. The molecular formula is C16H24N2S. The predicted molar refractivity (Wildman–Crippen MR) is 83.8 cm³/mol. The van der Waals surface area contributed by atoms with Gasteiger partial charge in [0.15, 0.2) is 0 Å². The van der Waals surface area contributed by atoms with Gasteiger partial charge in [-0.1, -0.05) is 6.07 Å². The molecule has 0 amide bonds. The standard InChI is InChI=1S/C16H24N2S/c1-19-16-4-2-3-15(14(16)9-17)18(10-12-5-6-12)11-13-7-8-13/h2-4,12-13H,5-11,17H2,1H3. The van der Waals surface area contributed by atoms with Gasteiger partial charge in [0.25, 0.3) is 0 Å². The van der Waals surface area contributed by atoms with E-state index < -0.39 is 0 Å².